The molecule has 6 aromatic carbocycles. The summed E-state index contributed by atoms with van der Waals surface area (Å²) >= 11 is 0. The van der Waals surface area contributed by atoms with Crippen molar-refractivity contribution in [3.63, 3.8) is 0 Å². The van der Waals surface area contributed by atoms with Crippen LogP contribution in [0.15, 0.2) is 130 Å². The third kappa shape index (κ3) is 5.00. The summed E-state index contributed by atoms with van der Waals surface area (Å²) in [6.45, 7) is 4.57. The van der Waals surface area contributed by atoms with Gasteiger partial charge in [-0.25, -0.2) is 0 Å². The number of fused-ring (bicyclic) bond motifs is 7. The van der Waals surface area contributed by atoms with E-state index in [0.29, 0.717) is 0 Å². The van der Waals surface area contributed by atoms with Crippen molar-refractivity contribution in [1.82, 2.24) is 0 Å². The van der Waals surface area contributed by atoms with Crippen molar-refractivity contribution in [2.45, 2.75) is 31.3 Å². The van der Waals surface area contributed by atoms with Gasteiger partial charge in [-0.2, -0.15) is 0 Å². The van der Waals surface area contributed by atoms with Gasteiger partial charge in [-0.15, -0.1) is 0 Å². The second-order valence-corrected chi connectivity index (χ2v) is 12.9. The van der Waals surface area contributed by atoms with Gasteiger partial charge in [0.05, 0.1) is 19.9 Å². The largest absolute Gasteiger partial charge is 0.497 e. The molecule has 4 nitrogen and oxygen atoms in total. The molecule has 0 aliphatic heterocycles. The van der Waals surface area contributed by atoms with E-state index >= 15 is 0 Å². The molecular formula is C39H35O4P. The van der Waals surface area contributed by atoms with Gasteiger partial charge in [0.2, 0.25) is 8.01 Å². The Kier molecular flexibility index (Phi) is 7.54. The standard InChI is InChI=1S/C39H35O4P/c1-25(27-13-19-31(40-3)20-14-27)39(26(2)28-15-21-32(41-4)22-16-28)44-42-35-23-17-29-9-5-7-11-33(29)37(35)38-34-12-8-6-10-30(34)18-24-36(38)43-44/h5-26,39H,1-4H3/t25-,26+,39?. The van der Waals surface area contributed by atoms with Crippen LogP contribution in [0.5, 0.6) is 11.5 Å². The minimum Gasteiger partial charge on any atom is -0.497 e. The van der Waals surface area contributed by atoms with Gasteiger partial charge < -0.3 is 17.9 Å². The molecule has 220 valence electrons. The van der Waals surface area contributed by atoms with Crippen LogP contribution in [0.4, 0.5) is 0 Å². The van der Waals surface area contributed by atoms with Gasteiger partial charge in [0, 0.05) is 10.8 Å². The Labute approximate surface area is 258 Å². The van der Waals surface area contributed by atoms with Crippen LogP contribution in [-0.2, 0) is 0 Å². The molecule has 44 heavy (non-hydrogen) atoms. The molecule has 1 unspecified atom stereocenters. The lowest BCUT2D eigenvalue weighted by atomic mass is 9.86. The highest BCUT2D eigenvalue weighted by Gasteiger charge is 2.32. The summed E-state index contributed by atoms with van der Waals surface area (Å²) in [4.78, 5) is 0. The average Bonchev–Trinajstić information content (AvgIpc) is 3.25. The summed E-state index contributed by atoms with van der Waals surface area (Å²) in [5.74, 6) is 1.93. The summed E-state index contributed by atoms with van der Waals surface area (Å²) in [6.07, 6.45) is 0. The van der Waals surface area contributed by atoms with Crippen LogP contribution in [0.3, 0.4) is 0 Å². The maximum Gasteiger partial charge on any atom is 0.221 e. The van der Waals surface area contributed by atoms with Gasteiger partial charge in [0.25, 0.3) is 0 Å². The normalized spacial score (nSPS) is 13.6. The van der Waals surface area contributed by atoms with E-state index in [1.165, 1.54) is 21.9 Å². The zero-order valence-corrected chi connectivity index (χ0v) is 26.3. The fourth-order valence-corrected chi connectivity index (χ4v) is 8.56. The van der Waals surface area contributed by atoms with Gasteiger partial charge in [-0.3, -0.25) is 0 Å². The van der Waals surface area contributed by atoms with Crippen molar-refractivity contribution in [3.05, 3.63) is 132 Å². The predicted octanol–water partition coefficient (Wildman–Crippen LogP) is 11.8. The molecular weight excluding hydrogens is 563 g/mol. The summed E-state index contributed by atoms with van der Waals surface area (Å²) < 4.78 is 25.2. The van der Waals surface area contributed by atoms with Crippen LogP contribution in [0, 0.1) is 0 Å². The molecule has 0 aliphatic rings. The molecule has 0 saturated heterocycles. The zero-order valence-electron chi connectivity index (χ0n) is 25.4. The first kappa shape index (κ1) is 28.1. The second-order valence-electron chi connectivity index (χ2n) is 11.4. The number of hydrogen-bond donors (Lipinski definition) is 0. The number of hydrogen-bond acceptors (Lipinski definition) is 4. The Balaban J connectivity index is 1.54. The molecule has 0 N–H and O–H groups in total. The quantitative estimate of drug-likeness (QED) is 0.183. The van der Waals surface area contributed by atoms with E-state index in [-0.39, 0.29) is 17.5 Å². The van der Waals surface area contributed by atoms with Gasteiger partial charge >= 0.3 is 0 Å². The highest BCUT2D eigenvalue weighted by atomic mass is 31.1. The van der Waals surface area contributed by atoms with E-state index < -0.39 is 8.01 Å². The van der Waals surface area contributed by atoms with Gasteiger partial charge in [-0.05, 0) is 80.9 Å². The average molecular weight is 599 g/mol. The molecule has 1 heterocycles. The molecule has 0 fully saturated rings. The topological polar surface area (TPSA) is 44.7 Å². The van der Waals surface area contributed by atoms with E-state index in [1.54, 1.807) is 14.2 Å². The number of methoxy groups -OCH3 is 2. The van der Waals surface area contributed by atoms with Crippen molar-refractivity contribution >= 4 is 51.5 Å². The van der Waals surface area contributed by atoms with E-state index in [0.717, 1.165) is 44.2 Å². The van der Waals surface area contributed by atoms with Crippen LogP contribution in [0.2, 0.25) is 0 Å². The third-order valence-corrected chi connectivity index (χ3v) is 11.1. The van der Waals surface area contributed by atoms with E-state index in [9.17, 15) is 0 Å². The molecule has 0 saturated carbocycles. The molecule has 0 amide bonds. The lowest BCUT2D eigenvalue weighted by Gasteiger charge is -2.28. The zero-order chi connectivity index (χ0) is 30.2. The maximum atomic E-state index is 7.13. The SMILES string of the molecule is COc1ccc([C@@H](C)C([C@@H](C)c2ccc(OC)cc2)p2oc3ccc4ccccc4c3c3c(ccc4ccccc43)o2)cc1. The molecule has 3 atom stereocenters. The van der Waals surface area contributed by atoms with Crippen molar-refractivity contribution in [1.29, 1.82) is 0 Å². The Bertz CT molecular complexity index is 1980. The highest BCUT2D eigenvalue weighted by Crippen LogP contribution is 2.57. The summed E-state index contributed by atoms with van der Waals surface area (Å²) in [6, 6.07) is 42.4. The van der Waals surface area contributed by atoms with Crippen molar-refractivity contribution in [2.24, 2.45) is 0 Å². The minimum atomic E-state index is -1.46. The van der Waals surface area contributed by atoms with E-state index in [1.807, 2.05) is 24.3 Å². The van der Waals surface area contributed by atoms with E-state index in [4.69, 9.17) is 17.9 Å². The van der Waals surface area contributed by atoms with Crippen LogP contribution in [-0.4, -0.2) is 14.2 Å². The lowest BCUT2D eigenvalue weighted by Crippen LogP contribution is -2.11. The fraction of sp³-hybridized carbons (Fsp3) is 0.179. The molecule has 7 aromatic rings. The first-order valence-electron chi connectivity index (χ1n) is 15.0. The molecule has 5 heteroatoms. The monoisotopic (exact) mass is 598 g/mol. The third-order valence-electron chi connectivity index (χ3n) is 8.96. The Morgan fingerprint density at radius 2 is 0.909 bits per heavy atom. The van der Waals surface area contributed by atoms with Crippen LogP contribution in [0.25, 0.3) is 43.5 Å². The van der Waals surface area contributed by atoms with Crippen LogP contribution >= 0.6 is 8.01 Å². The first-order valence-corrected chi connectivity index (χ1v) is 16.3. The van der Waals surface area contributed by atoms with Gasteiger partial charge in [0.15, 0.2) is 0 Å². The first-order chi connectivity index (χ1) is 21.6. The molecule has 0 radical (unpaired) electrons. The van der Waals surface area contributed by atoms with Gasteiger partial charge in [0.1, 0.15) is 22.7 Å². The number of ether oxygens (including phenoxy) is 2. The number of benzene rings is 6. The van der Waals surface area contributed by atoms with Crippen molar-refractivity contribution in [3.8, 4) is 11.5 Å². The minimum absolute atomic E-state index is 0.0172. The van der Waals surface area contributed by atoms with Crippen molar-refractivity contribution in [2.75, 3.05) is 14.2 Å². The highest BCUT2D eigenvalue weighted by molar-refractivity contribution is 7.37. The Morgan fingerprint density at radius 1 is 0.500 bits per heavy atom. The fourth-order valence-electron chi connectivity index (χ4n) is 6.51. The van der Waals surface area contributed by atoms with Crippen LogP contribution in [0.1, 0.15) is 42.5 Å². The molecule has 7 rings (SSSR count). The summed E-state index contributed by atoms with van der Waals surface area (Å²) in [5.41, 5.74) is 4.17. The Hall–Kier alpha value is -4.66. The molecule has 0 aliphatic carbocycles. The van der Waals surface area contributed by atoms with E-state index in [2.05, 4.69) is 111 Å². The Morgan fingerprint density at radius 3 is 1.32 bits per heavy atom. The lowest BCUT2D eigenvalue weighted by molar-refractivity contribution is 0.414. The van der Waals surface area contributed by atoms with Gasteiger partial charge in [-0.1, -0.05) is 98.8 Å². The summed E-state index contributed by atoms with van der Waals surface area (Å²) in [5, 5.41) is 6.85. The second kappa shape index (κ2) is 11.8. The van der Waals surface area contributed by atoms with Crippen molar-refractivity contribution < 1.29 is 17.9 Å². The molecule has 0 spiro atoms. The summed E-state index contributed by atoms with van der Waals surface area (Å²) in [7, 11) is 1.94. The maximum absolute atomic E-state index is 7.13. The molecule has 1 aromatic heterocycles. The van der Waals surface area contributed by atoms with Crippen LogP contribution < -0.4 is 9.47 Å². The number of rotatable bonds is 7. The molecule has 0 bridgehead atoms. The smallest absolute Gasteiger partial charge is 0.221 e. The predicted molar refractivity (Wildman–Crippen MR) is 183 cm³/mol.